The summed E-state index contributed by atoms with van der Waals surface area (Å²) in [5.41, 5.74) is 2.88. The van der Waals surface area contributed by atoms with Gasteiger partial charge in [-0.2, -0.15) is 0 Å². The predicted octanol–water partition coefficient (Wildman–Crippen LogP) is 4.70. The number of aryl methyl sites for hydroxylation is 2. The van der Waals surface area contributed by atoms with Crippen molar-refractivity contribution in [3.05, 3.63) is 83.5 Å². The quantitative estimate of drug-likeness (QED) is 0.324. The van der Waals surface area contributed by atoms with Crippen molar-refractivity contribution in [3.8, 4) is 0 Å². The molecule has 178 valence electrons. The van der Waals surface area contributed by atoms with Crippen LogP contribution in [0.25, 0.3) is 0 Å². The van der Waals surface area contributed by atoms with E-state index in [-0.39, 0.29) is 17.2 Å². The highest BCUT2D eigenvalue weighted by atomic mass is 32.2. The third kappa shape index (κ3) is 5.91. The number of allylic oxidation sites excluding steroid dienone is 1. The molecule has 2 aromatic carbocycles. The number of para-hydroxylation sites is 1. The normalized spacial score (nSPS) is 11.6. The molecule has 1 unspecified atom stereocenters. The van der Waals surface area contributed by atoms with Crippen LogP contribution in [-0.2, 0) is 17.8 Å². The van der Waals surface area contributed by atoms with Gasteiger partial charge in [-0.15, -0.1) is 16.8 Å². The van der Waals surface area contributed by atoms with E-state index in [1.807, 2.05) is 32.0 Å². The highest BCUT2D eigenvalue weighted by Crippen LogP contribution is 2.24. The van der Waals surface area contributed by atoms with Gasteiger partial charge in [-0.1, -0.05) is 55.1 Å². The molecule has 9 heteroatoms. The Morgan fingerprint density at radius 2 is 1.97 bits per heavy atom. The Balaban J connectivity index is 1.70. The van der Waals surface area contributed by atoms with Crippen molar-refractivity contribution in [2.75, 3.05) is 11.1 Å². The van der Waals surface area contributed by atoms with Crippen LogP contribution in [0, 0.1) is 12.7 Å². The van der Waals surface area contributed by atoms with E-state index in [1.165, 1.54) is 30.0 Å². The van der Waals surface area contributed by atoms with Gasteiger partial charge in [-0.3, -0.25) is 9.59 Å². The Morgan fingerprint density at radius 3 is 2.68 bits per heavy atom. The largest absolute Gasteiger partial charge is 0.342 e. The molecule has 2 amide bonds. The number of rotatable bonds is 10. The second kappa shape index (κ2) is 11.6. The van der Waals surface area contributed by atoms with Crippen LogP contribution in [0.1, 0.15) is 47.2 Å². The lowest BCUT2D eigenvalue weighted by Crippen LogP contribution is -2.29. The highest BCUT2D eigenvalue weighted by molar-refractivity contribution is 7.99. The van der Waals surface area contributed by atoms with Gasteiger partial charge in [-0.25, -0.2) is 4.39 Å². The van der Waals surface area contributed by atoms with Crippen molar-refractivity contribution in [1.29, 1.82) is 0 Å². The van der Waals surface area contributed by atoms with Crippen LogP contribution in [-0.4, -0.2) is 32.3 Å². The van der Waals surface area contributed by atoms with Crippen LogP contribution in [0.3, 0.4) is 0 Å². The number of carbonyl (C=O) groups is 2. The average molecular weight is 482 g/mol. The zero-order valence-electron chi connectivity index (χ0n) is 19.5. The average Bonchev–Trinajstić information content (AvgIpc) is 3.22. The third-order valence-corrected chi connectivity index (χ3v) is 6.21. The lowest BCUT2D eigenvalue weighted by molar-refractivity contribution is -0.113. The summed E-state index contributed by atoms with van der Waals surface area (Å²) in [5, 5.41) is 14.7. The fraction of sp³-hybridized carbons (Fsp3) is 0.280. The molecule has 3 rings (SSSR count). The third-order valence-electron chi connectivity index (χ3n) is 5.25. The van der Waals surface area contributed by atoms with Crippen molar-refractivity contribution < 1.29 is 14.0 Å². The number of anilines is 1. The van der Waals surface area contributed by atoms with E-state index < -0.39 is 17.8 Å². The first kappa shape index (κ1) is 25.2. The van der Waals surface area contributed by atoms with Crippen molar-refractivity contribution in [3.63, 3.8) is 0 Å². The summed E-state index contributed by atoms with van der Waals surface area (Å²) >= 11 is 1.25. The van der Waals surface area contributed by atoms with Crippen molar-refractivity contribution in [2.24, 2.45) is 0 Å². The van der Waals surface area contributed by atoms with Crippen molar-refractivity contribution in [2.45, 2.75) is 44.9 Å². The number of nitrogens with one attached hydrogen (secondary N) is 2. The first-order valence-electron chi connectivity index (χ1n) is 11.0. The Morgan fingerprint density at radius 1 is 1.21 bits per heavy atom. The molecule has 1 aromatic heterocycles. The molecule has 1 heterocycles. The SMILES string of the molecule is C=CCn1c(SCC(=O)Nc2c(C)cccc2CC)nnc1C(C)NC(=O)c1ccccc1F. The second-order valence-corrected chi connectivity index (χ2v) is 8.66. The molecule has 0 aliphatic carbocycles. The lowest BCUT2D eigenvalue weighted by Gasteiger charge is -2.16. The molecular formula is C25H28FN5O2S. The Bertz CT molecular complexity index is 1190. The minimum atomic E-state index is -0.595. The van der Waals surface area contributed by atoms with E-state index in [0.717, 1.165) is 23.2 Å². The maximum atomic E-state index is 14.0. The number of amides is 2. The number of hydrogen-bond acceptors (Lipinski definition) is 5. The minimum Gasteiger partial charge on any atom is -0.342 e. The monoisotopic (exact) mass is 481 g/mol. The smallest absolute Gasteiger partial charge is 0.254 e. The summed E-state index contributed by atoms with van der Waals surface area (Å²) in [5.74, 6) is -0.661. The van der Waals surface area contributed by atoms with Crippen LogP contribution in [0.5, 0.6) is 0 Å². The molecule has 0 aliphatic rings. The summed E-state index contributed by atoms with van der Waals surface area (Å²) in [7, 11) is 0. The molecular weight excluding hydrogens is 453 g/mol. The molecule has 34 heavy (non-hydrogen) atoms. The molecule has 0 fully saturated rings. The van der Waals surface area contributed by atoms with Gasteiger partial charge in [0.1, 0.15) is 5.82 Å². The summed E-state index contributed by atoms with van der Waals surface area (Å²) in [6, 6.07) is 11.2. The van der Waals surface area contributed by atoms with Gasteiger partial charge >= 0.3 is 0 Å². The number of nitrogens with zero attached hydrogens (tertiary/aromatic N) is 3. The first-order valence-corrected chi connectivity index (χ1v) is 11.9. The molecule has 0 bridgehead atoms. The van der Waals surface area contributed by atoms with E-state index in [1.54, 1.807) is 23.6 Å². The minimum absolute atomic E-state index is 0.0435. The van der Waals surface area contributed by atoms with Gasteiger partial charge in [0.2, 0.25) is 5.91 Å². The molecule has 0 radical (unpaired) electrons. The zero-order valence-corrected chi connectivity index (χ0v) is 20.3. The summed E-state index contributed by atoms with van der Waals surface area (Å²) in [4.78, 5) is 25.2. The van der Waals surface area contributed by atoms with Gasteiger partial charge < -0.3 is 15.2 Å². The second-order valence-electron chi connectivity index (χ2n) is 7.71. The van der Waals surface area contributed by atoms with Crippen LogP contribution >= 0.6 is 11.8 Å². The number of hydrogen-bond donors (Lipinski definition) is 2. The van der Waals surface area contributed by atoms with E-state index in [0.29, 0.717) is 17.5 Å². The Hall–Kier alpha value is -3.46. The summed E-state index contributed by atoms with van der Waals surface area (Å²) in [6.45, 7) is 9.92. The number of carbonyl (C=O) groups excluding carboxylic acids is 2. The van der Waals surface area contributed by atoms with Gasteiger partial charge in [-0.05, 0) is 43.5 Å². The van der Waals surface area contributed by atoms with Crippen LogP contribution < -0.4 is 10.6 Å². The molecule has 0 aliphatic heterocycles. The van der Waals surface area contributed by atoms with E-state index in [2.05, 4.69) is 27.4 Å². The van der Waals surface area contributed by atoms with Gasteiger partial charge in [0.05, 0.1) is 17.4 Å². The lowest BCUT2D eigenvalue weighted by atomic mass is 10.1. The van der Waals surface area contributed by atoms with Crippen LogP contribution in [0.2, 0.25) is 0 Å². The number of benzene rings is 2. The fourth-order valence-corrected chi connectivity index (χ4v) is 4.27. The van der Waals surface area contributed by atoms with Crippen molar-refractivity contribution >= 4 is 29.3 Å². The van der Waals surface area contributed by atoms with E-state index in [9.17, 15) is 14.0 Å². The Kier molecular flexibility index (Phi) is 8.59. The maximum absolute atomic E-state index is 14.0. The molecule has 7 nitrogen and oxygen atoms in total. The molecule has 2 N–H and O–H groups in total. The highest BCUT2D eigenvalue weighted by Gasteiger charge is 2.21. The summed E-state index contributed by atoms with van der Waals surface area (Å²) in [6.07, 6.45) is 2.50. The topological polar surface area (TPSA) is 88.9 Å². The molecule has 0 spiro atoms. The predicted molar refractivity (Wildman–Crippen MR) is 132 cm³/mol. The number of halogens is 1. The number of aromatic nitrogens is 3. The fourth-order valence-electron chi connectivity index (χ4n) is 3.52. The Labute approximate surface area is 202 Å². The van der Waals surface area contributed by atoms with Gasteiger partial charge in [0.25, 0.3) is 5.91 Å². The van der Waals surface area contributed by atoms with Crippen molar-refractivity contribution in [1.82, 2.24) is 20.1 Å². The molecule has 3 aromatic rings. The number of thioether (sulfide) groups is 1. The molecule has 0 saturated carbocycles. The molecule has 1 atom stereocenters. The van der Waals surface area contributed by atoms with Crippen LogP contribution in [0.4, 0.5) is 10.1 Å². The maximum Gasteiger partial charge on any atom is 0.254 e. The van der Waals surface area contributed by atoms with Gasteiger partial charge in [0.15, 0.2) is 11.0 Å². The zero-order chi connectivity index (χ0) is 24.7. The standard InChI is InChI=1S/C25H28FN5O2S/c1-5-14-31-23(17(4)27-24(33)19-12-7-8-13-20(19)26)29-30-25(31)34-15-21(32)28-22-16(3)10-9-11-18(22)6-2/h5,7-13,17H,1,6,14-15H2,2-4H3,(H,27,33)(H,28,32). The van der Waals surface area contributed by atoms with Crippen LogP contribution in [0.15, 0.2) is 60.3 Å². The molecule has 0 saturated heterocycles. The van der Waals surface area contributed by atoms with E-state index >= 15 is 0 Å². The summed E-state index contributed by atoms with van der Waals surface area (Å²) < 4.78 is 15.7. The van der Waals surface area contributed by atoms with E-state index in [4.69, 9.17) is 0 Å². The van der Waals surface area contributed by atoms with Gasteiger partial charge in [0, 0.05) is 12.2 Å². The first-order chi connectivity index (χ1) is 16.3.